The largest absolute Gasteiger partial charge is 0.504 e. The van der Waals surface area contributed by atoms with Crippen LogP contribution in [0, 0.1) is 0 Å². The van der Waals surface area contributed by atoms with E-state index >= 15 is 0 Å². The van der Waals surface area contributed by atoms with Crippen molar-refractivity contribution in [2.75, 3.05) is 5.32 Å². The maximum Gasteiger partial charge on any atom is 0.257 e. The van der Waals surface area contributed by atoms with Crippen LogP contribution in [0.5, 0.6) is 5.75 Å². The number of nitrogens with one attached hydrogen (secondary N) is 1. The molecule has 0 heterocycles. The number of rotatable bonds is 2. The summed E-state index contributed by atoms with van der Waals surface area (Å²) in [4.78, 5) is 12.1. The van der Waals surface area contributed by atoms with Gasteiger partial charge in [0.15, 0.2) is 5.75 Å². The molecular weight excluding hydrogens is 388 g/mol. The minimum atomic E-state index is -0.482. The lowest BCUT2D eigenvalue weighted by molar-refractivity contribution is 0.102. The normalized spacial score (nSPS) is 10.4. The molecule has 0 spiro atoms. The second-order valence-electron chi connectivity index (χ2n) is 3.86. The summed E-state index contributed by atoms with van der Waals surface area (Å²) in [6, 6.07) is 7.64. The summed E-state index contributed by atoms with van der Waals surface area (Å²) in [5.74, 6) is -0.736. The van der Waals surface area contributed by atoms with E-state index in [4.69, 9.17) is 34.8 Å². The van der Waals surface area contributed by atoms with Crippen molar-refractivity contribution in [2.24, 2.45) is 0 Å². The quantitative estimate of drug-likeness (QED) is 0.672. The van der Waals surface area contributed by atoms with Crippen LogP contribution in [-0.4, -0.2) is 11.0 Å². The summed E-state index contributed by atoms with van der Waals surface area (Å²) in [5, 5.41) is 12.9. The molecule has 0 aromatic heterocycles. The molecule has 2 rings (SSSR count). The minimum absolute atomic E-state index is 0.0492. The highest BCUT2D eigenvalue weighted by Crippen LogP contribution is 2.35. The van der Waals surface area contributed by atoms with Crippen LogP contribution in [0.15, 0.2) is 34.8 Å². The molecule has 0 aliphatic heterocycles. The molecule has 0 radical (unpaired) electrons. The molecule has 7 heteroatoms. The van der Waals surface area contributed by atoms with Gasteiger partial charge in [0, 0.05) is 9.50 Å². The third-order valence-corrected chi connectivity index (χ3v) is 3.78. The molecule has 3 nitrogen and oxygen atoms in total. The standard InChI is InChI=1S/C13H7BrCl3NO2/c14-6-1-2-9(16)8(3-6)13(20)18-11-5-7(15)4-10(17)12(11)19/h1-5,19H,(H,18,20). The van der Waals surface area contributed by atoms with E-state index in [0.29, 0.717) is 14.5 Å². The Kier molecular flexibility index (Phi) is 4.81. The second kappa shape index (κ2) is 6.22. The van der Waals surface area contributed by atoms with Gasteiger partial charge in [-0.05, 0) is 30.3 Å². The van der Waals surface area contributed by atoms with Crippen molar-refractivity contribution >= 4 is 62.3 Å². The van der Waals surface area contributed by atoms with Crippen molar-refractivity contribution in [3.8, 4) is 5.75 Å². The fourth-order valence-corrected chi connectivity index (χ4v) is 2.58. The van der Waals surface area contributed by atoms with Gasteiger partial charge in [0.1, 0.15) is 0 Å². The SMILES string of the molecule is O=C(Nc1cc(Cl)cc(Cl)c1O)c1cc(Br)ccc1Cl. The van der Waals surface area contributed by atoms with E-state index < -0.39 is 5.91 Å². The predicted molar refractivity (Wildman–Crippen MR) is 85.2 cm³/mol. The van der Waals surface area contributed by atoms with Crippen molar-refractivity contribution < 1.29 is 9.90 Å². The second-order valence-corrected chi connectivity index (χ2v) is 6.03. The summed E-state index contributed by atoms with van der Waals surface area (Å²) in [6.07, 6.45) is 0. The lowest BCUT2D eigenvalue weighted by Crippen LogP contribution is -2.12. The zero-order chi connectivity index (χ0) is 14.9. The van der Waals surface area contributed by atoms with Crippen molar-refractivity contribution in [1.29, 1.82) is 0 Å². The molecule has 20 heavy (non-hydrogen) atoms. The van der Waals surface area contributed by atoms with Crippen LogP contribution in [-0.2, 0) is 0 Å². The number of aromatic hydroxyl groups is 1. The minimum Gasteiger partial charge on any atom is -0.504 e. The highest BCUT2D eigenvalue weighted by molar-refractivity contribution is 9.10. The Morgan fingerprint density at radius 3 is 2.50 bits per heavy atom. The summed E-state index contributed by atoms with van der Waals surface area (Å²) >= 11 is 20.8. The van der Waals surface area contributed by atoms with E-state index in [9.17, 15) is 9.90 Å². The number of carbonyl (C=O) groups is 1. The molecule has 104 valence electrons. The molecule has 0 saturated heterocycles. The maximum atomic E-state index is 12.1. The van der Waals surface area contributed by atoms with Crippen molar-refractivity contribution in [3.63, 3.8) is 0 Å². The third kappa shape index (κ3) is 3.38. The predicted octanol–water partition coefficient (Wildman–Crippen LogP) is 5.37. The first-order chi connectivity index (χ1) is 9.38. The molecule has 2 N–H and O–H groups in total. The first kappa shape index (κ1) is 15.4. The topological polar surface area (TPSA) is 49.3 Å². The summed E-state index contributed by atoms with van der Waals surface area (Å²) in [5.41, 5.74) is 0.375. The number of amides is 1. The smallest absolute Gasteiger partial charge is 0.257 e. The van der Waals surface area contributed by atoms with E-state index in [1.165, 1.54) is 12.1 Å². The molecule has 1 amide bonds. The molecule has 0 atom stereocenters. The first-order valence-corrected chi connectivity index (χ1v) is 7.25. The van der Waals surface area contributed by atoms with Gasteiger partial charge in [-0.3, -0.25) is 4.79 Å². The summed E-state index contributed by atoms with van der Waals surface area (Å²) in [6.45, 7) is 0. The summed E-state index contributed by atoms with van der Waals surface area (Å²) in [7, 11) is 0. The Morgan fingerprint density at radius 2 is 1.80 bits per heavy atom. The molecule has 0 saturated carbocycles. The molecular formula is C13H7BrCl3NO2. The van der Waals surface area contributed by atoms with E-state index in [1.54, 1.807) is 18.2 Å². The number of phenolic OH excluding ortho intramolecular Hbond substituents is 1. The number of anilines is 1. The van der Waals surface area contributed by atoms with Gasteiger partial charge in [-0.15, -0.1) is 0 Å². The van der Waals surface area contributed by atoms with Gasteiger partial charge in [0.2, 0.25) is 0 Å². The molecule has 0 aliphatic rings. The van der Waals surface area contributed by atoms with Crippen LogP contribution in [0.4, 0.5) is 5.69 Å². The first-order valence-electron chi connectivity index (χ1n) is 5.33. The third-order valence-electron chi connectivity index (χ3n) is 2.45. The number of benzene rings is 2. The highest BCUT2D eigenvalue weighted by atomic mass is 79.9. The monoisotopic (exact) mass is 393 g/mol. The fraction of sp³-hybridized carbons (Fsp3) is 0. The Bertz CT molecular complexity index is 692. The van der Waals surface area contributed by atoms with E-state index in [0.717, 1.165) is 0 Å². The van der Waals surface area contributed by atoms with Crippen molar-refractivity contribution in [3.05, 3.63) is 55.4 Å². The zero-order valence-corrected chi connectivity index (χ0v) is 13.6. The number of phenols is 1. The zero-order valence-electron chi connectivity index (χ0n) is 9.75. The van der Waals surface area contributed by atoms with E-state index in [2.05, 4.69) is 21.2 Å². The van der Waals surface area contributed by atoms with Gasteiger partial charge in [0.25, 0.3) is 5.91 Å². The van der Waals surface area contributed by atoms with Crippen LogP contribution in [0.1, 0.15) is 10.4 Å². The lowest BCUT2D eigenvalue weighted by atomic mass is 10.2. The van der Waals surface area contributed by atoms with Crippen LogP contribution in [0.3, 0.4) is 0 Å². The molecule has 0 aliphatic carbocycles. The van der Waals surface area contributed by atoms with E-state index in [-0.39, 0.29) is 22.0 Å². The Balaban J connectivity index is 2.35. The van der Waals surface area contributed by atoms with E-state index in [1.807, 2.05) is 0 Å². The number of hydrogen-bond acceptors (Lipinski definition) is 2. The van der Waals surface area contributed by atoms with Crippen LogP contribution >= 0.6 is 50.7 Å². The van der Waals surface area contributed by atoms with Gasteiger partial charge in [-0.25, -0.2) is 0 Å². The Morgan fingerprint density at radius 1 is 1.10 bits per heavy atom. The maximum absolute atomic E-state index is 12.1. The lowest BCUT2D eigenvalue weighted by Gasteiger charge is -2.10. The van der Waals surface area contributed by atoms with Crippen LogP contribution < -0.4 is 5.32 Å². The number of halogens is 4. The molecule has 0 unspecified atom stereocenters. The van der Waals surface area contributed by atoms with Crippen LogP contribution in [0.25, 0.3) is 0 Å². The Labute approximate surface area is 138 Å². The van der Waals surface area contributed by atoms with Gasteiger partial charge in [-0.1, -0.05) is 50.7 Å². The van der Waals surface area contributed by atoms with Gasteiger partial charge >= 0.3 is 0 Å². The van der Waals surface area contributed by atoms with Crippen molar-refractivity contribution in [2.45, 2.75) is 0 Å². The van der Waals surface area contributed by atoms with Gasteiger partial charge in [-0.2, -0.15) is 0 Å². The number of hydrogen-bond donors (Lipinski definition) is 2. The van der Waals surface area contributed by atoms with Crippen molar-refractivity contribution in [1.82, 2.24) is 0 Å². The van der Waals surface area contributed by atoms with Gasteiger partial charge < -0.3 is 10.4 Å². The average molecular weight is 395 g/mol. The summed E-state index contributed by atoms with van der Waals surface area (Å²) < 4.78 is 0.709. The molecule has 2 aromatic carbocycles. The van der Waals surface area contributed by atoms with Crippen LogP contribution in [0.2, 0.25) is 15.1 Å². The number of carbonyl (C=O) groups excluding carboxylic acids is 1. The Hall–Kier alpha value is -0.940. The highest BCUT2D eigenvalue weighted by Gasteiger charge is 2.15. The van der Waals surface area contributed by atoms with Gasteiger partial charge in [0.05, 0.1) is 21.3 Å². The fourth-order valence-electron chi connectivity index (χ4n) is 1.52. The molecule has 0 fully saturated rings. The average Bonchev–Trinajstić information content (AvgIpc) is 2.38. The molecule has 0 bridgehead atoms. The molecule has 2 aromatic rings.